The Kier molecular flexibility index (Phi) is 26.1. The van der Waals surface area contributed by atoms with E-state index in [2.05, 4.69) is 414 Å². The number of hydrogen-bond donors (Lipinski definition) is 0. The number of benzene rings is 12. The van der Waals surface area contributed by atoms with E-state index in [0.717, 1.165) is 114 Å². The maximum atomic E-state index is 4.67. The maximum Gasteiger partial charge on any atom is 0.143 e. The van der Waals surface area contributed by atoms with Gasteiger partial charge in [-0.2, -0.15) is 135 Å². The van der Waals surface area contributed by atoms with Gasteiger partial charge in [0.25, 0.3) is 0 Å². The minimum Gasteiger partial charge on any atom is -0.581 e. The summed E-state index contributed by atoms with van der Waals surface area (Å²) in [5.74, 6) is 5.00. The van der Waals surface area contributed by atoms with Gasteiger partial charge in [0, 0.05) is 156 Å². The summed E-state index contributed by atoms with van der Waals surface area (Å²) in [6.45, 7) is 25.3. The number of aryl methyl sites for hydroxylation is 8. The van der Waals surface area contributed by atoms with Crippen LogP contribution in [0.4, 0.5) is 69.0 Å². The first-order chi connectivity index (χ1) is 70.3. The summed E-state index contributed by atoms with van der Waals surface area (Å²) in [7, 11) is 8.04. The second-order valence-electron chi connectivity index (χ2n) is 38.3. The minimum absolute atomic E-state index is 0. The van der Waals surface area contributed by atoms with Gasteiger partial charge in [-0.1, -0.05) is 214 Å². The van der Waals surface area contributed by atoms with Crippen molar-refractivity contribution < 1.29 is 84.3 Å². The maximum absolute atomic E-state index is 4.67. The predicted octanol–water partition coefficient (Wildman–Crippen LogP) is 22.5. The molecule has 26 heteroatoms. The summed E-state index contributed by atoms with van der Waals surface area (Å²) in [5.41, 5.74) is 40.2. The summed E-state index contributed by atoms with van der Waals surface area (Å²) >= 11 is 0. The monoisotopic (exact) mass is 2650 g/mol. The van der Waals surface area contributed by atoms with Crippen LogP contribution in [0.1, 0.15) is 134 Å². The Morgan fingerprint density at radius 3 is 0.655 bits per heavy atom. The van der Waals surface area contributed by atoms with Crippen molar-refractivity contribution in [2.24, 2.45) is 0 Å². The number of fused-ring (bicyclic) bond motifs is 16. The number of nitrogens with zero attached hydrogens (tertiary/aromatic N) is 22. The van der Waals surface area contributed by atoms with Crippen molar-refractivity contribution in [2.45, 2.75) is 77.0 Å². The normalized spacial score (nSPS) is 14.7. The molecule has 0 atom stereocenters. The first-order valence-electron chi connectivity index (χ1n) is 48.1. The molecule has 22 nitrogen and oxygen atoms in total. The van der Waals surface area contributed by atoms with Gasteiger partial charge in [-0.3, -0.25) is 0 Å². The Hall–Kier alpha value is -14.9. The van der Waals surface area contributed by atoms with Crippen LogP contribution in [0.3, 0.4) is 0 Å². The second-order valence-corrected chi connectivity index (χ2v) is 38.3. The molecule has 28 rings (SSSR count). The molecule has 12 aromatic carbocycles. The molecule has 0 saturated heterocycles. The fourth-order valence-corrected chi connectivity index (χ4v) is 23.1. The third kappa shape index (κ3) is 15.6. The molecule has 0 fully saturated rings. The number of hydrogen-bond acceptors (Lipinski definition) is 18. The third-order valence-corrected chi connectivity index (χ3v) is 29.3. The van der Waals surface area contributed by atoms with E-state index < -0.39 is 21.7 Å². The SMILES string of the molecule is Cc1ccc2c(c1)C(c1[c-]c(N3[CH-]N(C)c4cccnc43)ccc1)(c1cc[n-]n1)c1cc(C)ccc1-2.Cc1ccc2c(c1)C(c1[c-]c(N3[CH-]N(C)c4cccnc43)ccc1)(c1cc[n-]n1)c1cc(C)ccc1-2.Cc1ccc2c(c1)C(c1[c-]c(N3[CH-]N(C)c4nccnc43)ccc1)(c1cc[n-]n1)c1cc(C)ccc1-2.Cc1ccc2c(c1)C(c1[c-]c(N3[CH-]N(C)c4nccnc43)ccc1)(c1cc[n-]n1)c1cc(C)ccc1-2.[Pt].[Pt].[Pt].[Pt]. The van der Waals surface area contributed by atoms with Gasteiger partial charge in [0.2, 0.25) is 0 Å². The van der Waals surface area contributed by atoms with E-state index in [4.69, 9.17) is 0 Å². The van der Waals surface area contributed by atoms with Crippen LogP contribution in [0.15, 0.2) is 329 Å². The largest absolute Gasteiger partial charge is 0.581 e. The van der Waals surface area contributed by atoms with Crippen LogP contribution < -0.4 is 59.6 Å². The smallest absolute Gasteiger partial charge is 0.143 e. The zero-order chi connectivity index (χ0) is 97.8. The van der Waals surface area contributed by atoms with Crippen molar-refractivity contribution in [1.82, 2.24) is 70.7 Å². The Balaban J connectivity index is 0.000000115. The summed E-state index contributed by atoms with van der Waals surface area (Å²) in [6.07, 6.45) is 17.7. The average molecular weight is 2650 g/mol. The van der Waals surface area contributed by atoms with Crippen LogP contribution in [0, 0.1) is 106 Å². The first-order valence-corrected chi connectivity index (χ1v) is 48.1. The summed E-state index contributed by atoms with van der Waals surface area (Å²) in [6, 6.07) is 110. The Morgan fingerprint density at radius 2 is 0.432 bits per heavy atom. The summed E-state index contributed by atoms with van der Waals surface area (Å²) in [5, 5.41) is 35.7. The van der Waals surface area contributed by atoms with Crippen LogP contribution in [0.2, 0.25) is 0 Å². The Bertz CT molecular complexity index is 7280. The predicted molar refractivity (Wildman–Crippen MR) is 565 cm³/mol. The van der Waals surface area contributed by atoms with E-state index in [9.17, 15) is 0 Å². The van der Waals surface area contributed by atoms with Crippen LogP contribution in [0.25, 0.3) is 44.5 Å². The van der Waals surface area contributed by atoms with E-state index in [1.54, 1.807) is 49.6 Å². The number of pyridine rings is 2. The van der Waals surface area contributed by atoms with Crippen molar-refractivity contribution in [3.63, 3.8) is 0 Å². The van der Waals surface area contributed by atoms with Gasteiger partial charge in [-0.25, -0.2) is 29.9 Å². The minimum atomic E-state index is -0.633. The molecule has 744 valence electrons. The molecule has 0 N–H and O–H groups in total. The molecular formula is C122H94N22Pt4-12. The molecule has 4 aliphatic heterocycles. The molecule has 12 heterocycles. The molecule has 0 saturated carbocycles. The van der Waals surface area contributed by atoms with Crippen LogP contribution >= 0.6 is 0 Å². The third-order valence-electron chi connectivity index (χ3n) is 29.3. The van der Waals surface area contributed by atoms with Gasteiger partial charge in [-0.05, 0) is 197 Å². The van der Waals surface area contributed by atoms with E-state index >= 15 is 0 Å². The zero-order valence-corrected chi connectivity index (χ0v) is 91.7. The van der Waals surface area contributed by atoms with E-state index in [1.165, 1.54) is 134 Å². The molecule has 148 heavy (non-hydrogen) atoms. The Morgan fingerprint density at radius 1 is 0.223 bits per heavy atom. The van der Waals surface area contributed by atoms with E-state index in [1.807, 2.05) is 110 Å². The first kappa shape index (κ1) is 99.1. The average Bonchev–Trinajstić information content (AvgIpc) is 1.55. The molecular weight excluding hydrogens is 2550 g/mol. The van der Waals surface area contributed by atoms with Gasteiger partial charge in [0.15, 0.2) is 0 Å². The van der Waals surface area contributed by atoms with Crippen molar-refractivity contribution in [3.8, 4) is 44.5 Å². The van der Waals surface area contributed by atoms with Crippen LogP contribution in [0.5, 0.6) is 0 Å². The quantitative estimate of drug-likeness (QED) is 0.104. The molecule has 8 aromatic heterocycles. The standard InChI is InChI=1S/2C31H24N5.2C30H23N6.4Pt/c2*1-20-9-11-24-25-12-10-21(2)17-27(25)31(26(24)16-20,29-13-15-33-34-29)22-6-4-7-23(18-22)36-19-35(3)28-8-5-14-32-30(28)36;2*1-19-7-9-23-24-10-8-20(2)16-26(24)30(25(23)15-19,27-11-12-33-34-27)21-5-4-6-22(17-21)36-18-35(3)28-29(36)32-14-13-31-28;;;;/h2*4-17,19H,1-3H3;2*4-16,18H,1-3H3;;;;/q4*-3;;;;. The van der Waals surface area contributed by atoms with E-state index in [0.29, 0.717) is 0 Å². The molecule has 4 aliphatic carbocycles. The molecule has 0 radical (unpaired) electrons. The van der Waals surface area contributed by atoms with Crippen molar-refractivity contribution in [1.29, 1.82) is 0 Å². The van der Waals surface area contributed by atoms with Gasteiger partial charge >= 0.3 is 0 Å². The van der Waals surface area contributed by atoms with Gasteiger partial charge < -0.3 is 80.0 Å². The topological polar surface area (TPSA) is 211 Å². The molecule has 8 aliphatic rings. The molecule has 0 unspecified atom stereocenters. The second kappa shape index (κ2) is 39.1. The van der Waals surface area contributed by atoms with Gasteiger partial charge in [-0.15, -0.1) is 58.3 Å². The zero-order valence-electron chi connectivity index (χ0n) is 82.6. The van der Waals surface area contributed by atoms with Crippen LogP contribution in [-0.4, -0.2) is 78.5 Å². The number of aromatic nitrogens is 14. The molecule has 20 aromatic rings. The number of rotatable bonds is 12. The molecule has 0 bridgehead atoms. The van der Waals surface area contributed by atoms with Crippen molar-refractivity contribution >= 4 is 69.0 Å². The molecule has 0 spiro atoms. The van der Waals surface area contributed by atoms with Crippen LogP contribution in [-0.2, 0) is 106 Å². The van der Waals surface area contributed by atoms with Gasteiger partial charge in [0.1, 0.15) is 34.9 Å². The van der Waals surface area contributed by atoms with E-state index in [-0.39, 0.29) is 84.3 Å². The summed E-state index contributed by atoms with van der Waals surface area (Å²) < 4.78 is 0. The molecule has 0 amide bonds. The fourth-order valence-electron chi connectivity index (χ4n) is 23.1. The number of anilines is 12. The Labute approximate surface area is 918 Å². The fraction of sp³-hybridized carbons (Fsp3) is 0.131. The van der Waals surface area contributed by atoms with Crippen molar-refractivity contribution in [3.05, 3.63) is 514 Å². The van der Waals surface area contributed by atoms with Crippen molar-refractivity contribution in [2.75, 3.05) is 67.4 Å². The van der Waals surface area contributed by atoms with Gasteiger partial charge in [0.05, 0.1) is 21.7 Å². The summed E-state index contributed by atoms with van der Waals surface area (Å²) in [4.78, 5) is 44.0.